The molecule has 0 aliphatic carbocycles. The molecule has 0 saturated carbocycles. The number of hydrogen-bond donors (Lipinski definition) is 1. The predicted molar refractivity (Wildman–Crippen MR) is 67.5 cm³/mol. The van der Waals surface area contributed by atoms with Crippen LogP contribution in [0.2, 0.25) is 0 Å². The smallest absolute Gasteiger partial charge is 0.127 e. The third-order valence-electron chi connectivity index (χ3n) is 2.59. The van der Waals surface area contributed by atoms with Gasteiger partial charge in [-0.1, -0.05) is 6.92 Å². The number of nitrogens with zero attached hydrogens (tertiary/aromatic N) is 3. The van der Waals surface area contributed by atoms with E-state index >= 15 is 0 Å². The predicted octanol–water partition coefficient (Wildman–Crippen LogP) is 1.51. The van der Waals surface area contributed by atoms with Gasteiger partial charge in [0.05, 0.1) is 6.04 Å². The van der Waals surface area contributed by atoms with Gasteiger partial charge >= 0.3 is 0 Å². The number of imidazole rings is 1. The molecule has 0 spiro atoms. The second-order valence-electron chi connectivity index (χ2n) is 4.34. The van der Waals surface area contributed by atoms with Crippen LogP contribution in [0.15, 0.2) is 12.4 Å². The lowest BCUT2D eigenvalue weighted by Crippen LogP contribution is -2.33. The summed E-state index contributed by atoms with van der Waals surface area (Å²) >= 11 is 0. The first-order valence-electron chi connectivity index (χ1n) is 6.08. The molecule has 4 nitrogen and oxygen atoms in total. The summed E-state index contributed by atoms with van der Waals surface area (Å²) < 4.78 is 2.21. The SMILES string of the molecule is CCCNC(CN(C)C)c1nccn1CC. The highest BCUT2D eigenvalue weighted by Gasteiger charge is 2.16. The lowest BCUT2D eigenvalue weighted by molar-refractivity contribution is 0.328. The first kappa shape index (κ1) is 13.2. The fourth-order valence-electron chi connectivity index (χ4n) is 1.82. The molecule has 1 heterocycles. The third kappa shape index (κ3) is 3.61. The molecule has 0 saturated heterocycles. The number of aryl methyl sites for hydroxylation is 1. The largest absolute Gasteiger partial charge is 0.334 e. The number of aromatic nitrogens is 2. The van der Waals surface area contributed by atoms with E-state index < -0.39 is 0 Å². The number of hydrogen-bond acceptors (Lipinski definition) is 3. The summed E-state index contributed by atoms with van der Waals surface area (Å²) in [7, 11) is 4.19. The summed E-state index contributed by atoms with van der Waals surface area (Å²) in [6, 6.07) is 0.324. The van der Waals surface area contributed by atoms with Gasteiger partial charge in [0.15, 0.2) is 0 Å². The molecular weight excluding hydrogens is 200 g/mol. The lowest BCUT2D eigenvalue weighted by Gasteiger charge is -2.22. The molecule has 0 aliphatic heterocycles. The topological polar surface area (TPSA) is 33.1 Å². The lowest BCUT2D eigenvalue weighted by atomic mass is 10.2. The molecule has 0 radical (unpaired) electrons. The Labute approximate surface area is 98.7 Å². The Hall–Kier alpha value is -0.870. The van der Waals surface area contributed by atoms with Gasteiger partial charge < -0.3 is 14.8 Å². The van der Waals surface area contributed by atoms with E-state index in [4.69, 9.17) is 0 Å². The van der Waals surface area contributed by atoms with Gasteiger partial charge in [-0.15, -0.1) is 0 Å². The standard InChI is InChI=1S/C12H24N4/c1-5-7-13-11(10-15(3)4)12-14-8-9-16(12)6-2/h8-9,11,13H,5-7,10H2,1-4H3. The summed E-state index contributed by atoms with van der Waals surface area (Å²) in [5, 5.41) is 3.55. The van der Waals surface area contributed by atoms with E-state index in [0.29, 0.717) is 6.04 Å². The summed E-state index contributed by atoms with van der Waals surface area (Å²) in [4.78, 5) is 6.66. The van der Waals surface area contributed by atoms with Crippen molar-refractivity contribution in [1.29, 1.82) is 0 Å². The van der Waals surface area contributed by atoms with Crippen LogP contribution in [0, 0.1) is 0 Å². The van der Waals surface area contributed by atoms with Crippen molar-refractivity contribution in [2.24, 2.45) is 0 Å². The molecule has 92 valence electrons. The van der Waals surface area contributed by atoms with Crippen LogP contribution >= 0.6 is 0 Å². The molecule has 1 aromatic heterocycles. The third-order valence-corrected chi connectivity index (χ3v) is 2.59. The molecule has 0 fully saturated rings. The maximum absolute atomic E-state index is 4.47. The van der Waals surface area contributed by atoms with Crippen molar-refractivity contribution in [2.45, 2.75) is 32.9 Å². The van der Waals surface area contributed by atoms with Crippen molar-refractivity contribution in [3.05, 3.63) is 18.2 Å². The Morgan fingerprint density at radius 2 is 2.19 bits per heavy atom. The van der Waals surface area contributed by atoms with E-state index in [0.717, 1.165) is 31.9 Å². The van der Waals surface area contributed by atoms with Crippen LogP contribution in [0.3, 0.4) is 0 Å². The van der Waals surface area contributed by atoms with E-state index in [-0.39, 0.29) is 0 Å². The Balaban J connectivity index is 2.74. The molecule has 1 rings (SSSR count). The molecule has 0 aromatic carbocycles. The molecule has 4 heteroatoms. The second-order valence-corrected chi connectivity index (χ2v) is 4.34. The van der Waals surface area contributed by atoms with Gasteiger partial charge in [-0.2, -0.15) is 0 Å². The van der Waals surface area contributed by atoms with E-state index in [1.54, 1.807) is 0 Å². The van der Waals surface area contributed by atoms with Crippen LogP contribution in [-0.4, -0.2) is 41.6 Å². The Kier molecular flexibility index (Phi) is 5.49. The number of likely N-dealkylation sites (N-methyl/N-ethyl adjacent to an activating group) is 1. The minimum atomic E-state index is 0.324. The van der Waals surface area contributed by atoms with Crippen LogP contribution < -0.4 is 5.32 Å². The maximum atomic E-state index is 4.47. The van der Waals surface area contributed by atoms with E-state index in [2.05, 4.69) is 47.7 Å². The highest BCUT2D eigenvalue weighted by Crippen LogP contribution is 2.11. The average Bonchev–Trinajstić information content (AvgIpc) is 2.71. The first-order valence-corrected chi connectivity index (χ1v) is 6.08. The van der Waals surface area contributed by atoms with Crippen molar-refractivity contribution >= 4 is 0 Å². The molecule has 1 unspecified atom stereocenters. The van der Waals surface area contributed by atoms with Crippen molar-refractivity contribution in [3.8, 4) is 0 Å². The Morgan fingerprint density at radius 3 is 2.75 bits per heavy atom. The van der Waals surface area contributed by atoms with Gasteiger partial charge in [0.25, 0.3) is 0 Å². The minimum absolute atomic E-state index is 0.324. The molecular formula is C12H24N4. The number of rotatable bonds is 7. The van der Waals surface area contributed by atoms with Crippen molar-refractivity contribution in [1.82, 2.24) is 19.8 Å². The second kappa shape index (κ2) is 6.66. The molecule has 16 heavy (non-hydrogen) atoms. The van der Waals surface area contributed by atoms with E-state index in [9.17, 15) is 0 Å². The zero-order valence-corrected chi connectivity index (χ0v) is 10.9. The first-order chi connectivity index (χ1) is 7.69. The van der Waals surface area contributed by atoms with Gasteiger partial charge in [0.2, 0.25) is 0 Å². The molecule has 1 N–H and O–H groups in total. The van der Waals surface area contributed by atoms with Gasteiger partial charge in [-0.05, 0) is 34.0 Å². The Bertz CT molecular complexity index is 293. The molecule has 1 atom stereocenters. The van der Waals surface area contributed by atoms with Gasteiger partial charge in [-0.3, -0.25) is 0 Å². The van der Waals surface area contributed by atoms with E-state index in [1.807, 2.05) is 12.4 Å². The number of nitrogens with one attached hydrogen (secondary N) is 1. The van der Waals surface area contributed by atoms with Gasteiger partial charge in [0.1, 0.15) is 5.82 Å². The minimum Gasteiger partial charge on any atom is -0.334 e. The zero-order chi connectivity index (χ0) is 12.0. The van der Waals surface area contributed by atoms with Crippen molar-refractivity contribution in [3.63, 3.8) is 0 Å². The monoisotopic (exact) mass is 224 g/mol. The summed E-state index contributed by atoms with van der Waals surface area (Å²) in [5.41, 5.74) is 0. The van der Waals surface area contributed by atoms with E-state index in [1.165, 1.54) is 0 Å². The molecule has 1 aromatic rings. The summed E-state index contributed by atoms with van der Waals surface area (Å²) in [6.07, 6.45) is 5.08. The molecule has 0 aliphatic rings. The summed E-state index contributed by atoms with van der Waals surface area (Å²) in [5.74, 6) is 1.14. The van der Waals surface area contributed by atoms with Crippen LogP contribution in [0.5, 0.6) is 0 Å². The highest BCUT2D eigenvalue weighted by molar-refractivity contribution is 5.00. The van der Waals surface area contributed by atoms with Crippen molar-refractivity contribution < 1.29 is 0 Å². The summed E-state index contributed by atoms with van der Waals surface area (Å²) in [6.45, 7) is 7.34. The quantitative estimate of drug-likeness (QED) is 0.762. The van der Waals surface area contributed by atoms with Crippen molar-refractivity contribution in [2.75, 3.05) is 27.2 Å². The maximum Gasteiger partial charge on any atom is 0.127 e. The van der Waals surface area contributed by atoms with Crippen LogP contribution in [0.1, 0.15) is 32.1 Å². The molecule has 0 amide bonds. The van der Waals surface area contributed by atoms with Gasteiger partial charge in [0, 0.05) is 25.5 Å². The fraction of sp³-hybridized carbons (Fsp3) is 0.750. The van der Waals surface area contributed by atoms with Crippen LogP contribution in [0.25, 0.3) is 0 Å². The normalized spacial score (nSPS) is 13.3. The Morgan fingerprint density at radius 1 is 1.44 bits per heavy atom. The van der Waals surface area contributed by atoms with Crippen LogP contribution in [0.4, 0.5) is 0 Å². The highest BCUT2D eigenvalue weighted by atomic mass is 15.2. The van der Waals surface area contributed by atoms with Gasteiger partial charge in [-0.25, -0.2) is 4.98 Å². The van der Waals surface area contributed by atoms with Crippen LogP contribution in [-0.2, 0) is 6.54 Å². The average molecular weight is 224 g/mol. The zero-order valence-electron chi connectivity index (χ0n) is 10.9. The fourth-order valence-corrected chi connectivity index (χ4v) is 1.82. The molecule has 0 bridgehead atoms.